The maximum absolute atomic E-state index is 13.7. The minimum absolute atomic E-state index is 0.0503. The molecule has 0 amide bonds. The molecule has 3 aliphatic rings. The number of imidazole rings is 1. The molecular weight excluding hydrogens is 551 g/mol. The molecule has 3 saturated heterocycles. The lowest BCUT2D eigenvalue weighted by atomic mass is 9.70. The summed E-state index contributed by atoms with van der Waals surface area (Å²) in [6.07, 6.45) is 7.96. The summed E-state index contributed by atoms with van der Waals surface area (Å²) in [5.41, 5.74) is 4.60. The Morgan fingerprint density at radius 2 is 1.59 bits per heavy atom. The van der Waals surface area contributed by atoms with Crippen LogP contribution in [0.4, 0.5) is 4.39 Å². The fraction of sp³-hybridized carbons (Fsp3) is 0.459. The summed E-state index contributed by atoms with van der Waals surface area (Å²) < 4.78 is 21.4. The number of halogens is 1. The molecule has 3 fully saturated rings. The van der Waals surface area contributed by atoms with Crippen LogP contribution in [0.2, 0.25) is 0 Å². The van der Waals surface area contributed by atoms with Crippen molar-refractivity contribution in [3.8, 4) is 0 Å². The van der Waals surface area contributed by atoms with E-state index < -0.39 is 6.04 Å². The van der Waals surface area contributed by atoms with Gasteiger partial charge in [-0.25, -0.2) is 14.2 Å². The van der Waals surface area contributed by atoms with Gasteiger partial charge in [0.25, 0.3) is 0 Å². The normalized spacial score (nSPS) is 24.4. The van der Waals surface area contributed by atoms with E-state index in [-0.39, 0.29) is 17.2 Å². The molecule has 6 nitrogen and oxygen atoms in total. The van der Waals surface area contributed by atoms with E-state index >= 15 is 0 Å². The maximum Gasteiger partial charge on any atom is 0.327 e. The van der Waals surface area contributed by atoms with Gasteiger partial charge in [-0.1, -0.05) is 54.6 Å². The number of methoxy groups -OCH3 is 1. The van der Waals surface area contributed by atoms with Crippen LogP contribution in [0.15, 0.2) is 78.9 Å². The summed E-state index contributed by atoms with van der Waals surface area (Å²) in [6, 6.07) is 27.0. The van der Waals surface area contributed by atoms with Crippen LogP contribution >= 0.6 is 0 Å². The maximum atomic E-state index is 13.7. The van der Waals surface area contributed by atoms with Gasteiger partial charge in [-0.3, -0.25) is 9.80 Å². The smallest absolute Gasteiger partial charge is 0.327 e. The minimum Gasteiger partial charge on any atom is -0.468 e. The second-order valence-electron chi connectivity index (χ2n) is 13.2. The fourth-order valence-electron chi connectivity index (χ4n) is 8.73. The topological polar surface area (TPSA) is 50.6 Å². The Kier molecular flexibility index (Phi) is 8.02. The molecule has 7 heteroatoms. The Morgan fingerprint density at radius 3 is 2.27 bits per heavy atom. The van der Waals surface area contributed by atoms with Crippen molar-refractivity contribution < 1.29 is 13.9 Å². The second kappa shape index (κ2) is 12.1. The molecule has 3 aliphatic heterocycles. The molecule has 230 valence electrons. The van der Waals surface area contributed by atoms with E-state index in [0.29, 0.717) is 18.1 Å². The number of fused-ring (bicyclic) bond motifs is 3. The van der Waals surface area contributed by atoms with E-state index in [2.05, 4.69) is 75.9 Å². The number of esters is 1. The third kappa shape index (κ3) is 5.34. The van der Waals surface area contributed by atoms with Gasteiger partial charge in [0.1, 0.15) is 17.7 Å². The summed E-state index contributed by atoms with van der Waals surface area (Å²) in [7, 11) is 1.44. The average Bonchev–Trinajstić information content (AvgIpc) is 3.52. The van der Waals surface area contributed by atoms with Crippen LogP contribution < -0.4 is 0 Å². The Labute approximate surface area is 259 Å². The molecule has 44 heavy (non-hydrogen) atoms. The van der Waals surface area contributed by atoms with E-state index in [1.807, 2.05) is 0 Å². The second-order valence-corrected chi connectivity index (χ2v) is 13.2. The number of carbonyl (C=O) groups excluding carboxylic acids is 1. The van der Waals surface area contributed by atoms with Crippen molar-refractivity contribution in [2.75, 3.05) is 26.7 Å². The summed E-state index contributed by atoms with van der Waals surface area (Å²) in [4.78, 5) is 22.9. The summed E-state index contributed by atoms with van der Waals surface area (Å²) in [5.74, 6) is 0.541. The Morgan fingerprint density at radius 1 is 0.932 bits per heavy atom. The highest BCUT2D eigenvalue weighted by Gasteiger charge is 2.45. The number of aromatic nitrogens is 2. The summed E-state index contributed by atoms with van der Waals surface area (Å²) in [5, 5.41) is 0. The van der Waals surface area contributed by atoms with Crippen LogP contribution in [0.25, 0.3) is 11.0 Å². The predicted molar refractivity (Wildman–Crippen MR) is 171 cm³/mol. The number of hydrogen-bond donors (Lipinski definition) is 0. The van der Waals surface area contributed by atoms with Crippen molar-refractivity contribution in [3.63, 3.8) is 0 Å². The van der Waals surface area contributed by atoms with Gasteiger partial charge in [0.2, 0.25) is 0 Å². The Balaban J connectivity index is 1.08. The van der Waals surface area contributed by atoms with Gasteiger partial charge < -0.3 is 9.30 Å². The monoisotopic (exact) mass is 594 g/mol. The van der Waals surface area contributed by atoms with E-state index in [1.54, 1.807) is 12.1 Å². The fourth-order valence-corrected chi connectivity index (χ4v) is 8.73. The standard InChI is InChI=1S/C37H43FN4O2/c1-26-39-33-10-6-7-11-34(33)42(26)32-24-30-16-17-31(25-32)41(30)23-20-37(28-8-4-3-5-9-28)18-21-40(22-19-37)35(36(43)44-2)27-12-14-29(38)15-13-27/h3-15,30-32,35H,16-25H2,1-2H3. The highest BCUT2D eigenvalue weighted by molar-refractivity contribution is 5.77. The number of piperidine rings is 2. The molecule has 0 saturated carbocycles. The van der Waals surface area contributed by atoms with Crippen LogP contribution in [0, 0.1) is 12.7 Å². The SMILES string of the molecule is COC(=O)C(c1ccc(F)cc1)N1CCC(CCN2C3CCC2CC(n2c(C)nc4ccccc42)C3)(c2ccccc2)CC1. The first-order valence-electron chi connectivity index (χ1n) is 16.3. The van der Waals surface area contributed by atoms with E-state index in [4.69, 9.17) is 9.72 Å². The zero-order chi connectivity index (χ0) is 30.3. The van der Waals surface area contributed by atoms with Gasteiger partial charge >= 0.3 is 5.97 Å². The van der Waals surface area contributed by atoms with Gasteiger partial charge in [0.15, 0.2) is 0 Å². The van der Waals surface area contributed by atoms with Crippen LogP contribution in [-0.4, -0.2) is 64.1 Å². The number of rotatable bonds is 8. The van der Waals surface area contributed by atoms with E-state index in [0.717, 1.165) is 55.8 Å². The number of hydrogen-bond acceptors (Lipinski definition) is 5. The molecule has 3 unspecified atom stereocenters. The van der Waals surface area contributed by atoms with Gasteiger partial charge in [0, 0.05) is 31.2 Å². The van der Waals surface area contributed by atoms with Crippen molar-refractivity contribution in [1.29, 1.82) is 0 Å². The van der Waals surface area contributed by atoms with Crippen molar-refractivity contribution in [2.45, 2.75) is 81.5 Å². The summed E-state index contributed by atoms with van der Waals surface area (Å²) >= 11 is 0. The quantitative estimate of drug-likeness (QED) is 0.206. The van der Waals surface area contributed by atoms with Gasteiger partial charge in [-0.2, -0.15) is 0 Å². The van der Waals surface area contributed by atoms with Crippen molar-refractivity contribution in [2.24, 2.45) is 0 Å². The van der Waals surface area contributed by atoms with Crippen molar-refractivity contribution in [3.05, 3.63) is 102 Å². The molecule has 1 aromatic heterocycles. The largest absolute Gasteiger partial charge is 0.468 e. The van der Waals surface area contributed by atoms with Crippen LogP contribution in [0.1, 0.15) is 74.0 Å². The Bertz CT molecular complexity index is 1580. The van der Waals surface area contributed by atoms with Gasteiger partial charge in [-0.05, 0) is 99.2 Å². The van der Waals surface area contributed by atoms with Crippen LogP contribution in [-0.2, 0) is 14.9 Å². The van der Waals surface area contributed by atoms with Gasteiger partial charge in [0.05, 0.1) is 18.1 Å². The number of aryl methyl sites for hydroxylation is 1. The van der Waals surface area contributed by atoms with E-state index in [1.165, 1.54) is 56.0 Å². The molecule has 2 bridgehead atoms. The number of ether oxygens (including phenoxy) is 1. The van der Waals surface area contributed by atoms with Crippen LogP contribution in [0.3, 0.4) is 0 Å². The van der Waals surface area contributed by atoms with Crippen LogP contribution in [0.5, 0.6) is 0 Å². The van der Waals surface area contributed by atoms with Crippen molar-refractivity contribution >= 4 is 17.0 Å². The highest BCUT2D eigenvalue weighted by atomic mass is 19.1. The third-order valence-electron chi connectivity index (χ3n) is 11.0. The molecule has 4 heterocycles. The molecule has 4 aromatic rings. The average molecular weight is 595 g/mol. The zero-order valence-electron chi connectivity index (χ0n) is 25.9. The molecule has 7 rings (SSSR count). The summed E-state index contributed by atoms with van der Waals surface area (Å²) in [6.45, 7) is 4.83. The number of benzene rings is 3. The first-order chi connectivity index (χ1) is 21.5. The lowest BCUT2D eigenvalue weighted by Gasteiger charge is -2.46. The van der Waals surface area contributed by atoms with Crippen molar-refractivity contribution in [1.82, 2.24) is 19.4 Å². The molecule has 0 N–H and O–H groups in total. The predicted octanol–water partition coefficient (Wildman–Crippen LogP) is 6.99. The highest BCUT2D eigenvalue weighted by Crippen LogP contribution is 2.45. The lowest BCUT2D eigenvalue weighted by molar-refractivity contribution is -0.148. The number of likely N-dealkylation sites (tertiary alicyclic amines) is 1. The number of nitrogens with zero attached hydrogens (tertiary/aromatic N) is 4. The first-order valence-corrected chi connectivity index (χ1v) is 16.3. The first kappa shape index (κ1) is 29.2. The van der Waals surface area contributed by atoms with E-state index in [9.17, 15) is 9.18 Å². The molecule has 0 aliphatic carbocycles. The Hall–Kier alpha value is -3.55. The zero-order valence-corrected chi connectivity index (χ0v) is 25.9. The lowest BCUT2D eigenvalue weighted by Crippen LogP contribution is -2.49. The third-order valence-corrected chi connectivity index (χ3v) is 11.0. The number of para-hydroxylation sites is 2. The molecule has 3 atom stereocenters. The molecular formula is C37H43FN4O2. The number of carbonyl (C=O) groups is 1. The molecule has 0 radical (unpaired) electrons. The molecule has 3 aromatic carbocycles. The molecule has 0 spiro atoms. The minimum atomic E-state index is -0.521. The van der Waals surface area contributed by atoms with Gasteiger partial charge in [-0.15, -0.1) is 0 Å².